The molecule has 3 aromatic carbocycles. The summed E-state index contributed by atoms with van der Waals surface area (Å²) in [6.07, 6.45) is 4.81. The first-order chi connectivity index (χ1) is 17.2. The predicted molar refractivity (Wildman–Crippen MR) is 140 cm³/mol. The molecule has 0 aliphatic heterocycles. The quantitative estimate of drug-likeness (QED) is 0.210. The van der Waals surface area contributed by atoms with Crippen molar-refractivity contribution in [2.24, 2.45) is 0 Å². The van der Waals surface area contributed by atoms with Crippen LogP contribution in [0, 0.1) is 0 Å². The van der Waals surface area contributed by atoms with E-state index in [1.807, 2.05) is 48.5 Å². The van der Waals surface area contributed by atoms with Crippen molar-refractivity contribution in [2.45, 2.75) is 70.6 Å². The summed E-state index contributed by atoms with van der Waals surface area (Å²) in [5, 5.41) is 0. The van der Waals surface area contributed by atoms with Gasteiger partial charge in [0.1, 0.15) is 17.2 Å². The SMILES string of the molecule is CC(=O)Oc1ccc(C2(c3ccc(OC(=O)Oc4ccc(C(C)(C)C)cc4)cc3)CCCCC2)cc1. The minimum atomic E-state index is -0.764. The molecule has 1 saturated carbocycles. The zero-order valence-corrected chi connectivity index (χ0v) is 21.5. The van der Waals surface area contributed by atoms with Gasteiger partial charge >= 0.3 is 12.1 Å². The van der Waals surface area contributed by atoms with Crippen molar-refractivity contribution < 1.29 is 23.8 Å². The summed E-state index contributed by atoms with van der Waals surface area (Å²) >= 11 is 0. The Kier molecular flexibility index (Phi) is 7.48. The summed E-state index contributed by atoms with van der Waals surface area (Å²) in [7, 11) is 0. The molecule has 0 bridgehead atoms. The van der Waals surface area contributed by atoms with Gasteiger partial charge in [-0.2, -0.15) is 0 Å². The lowest BCUT2D eigenvalue weighted by Gasteiger charge is -2.38. The maximum absolute atomic E-state index is 12.4. The van der Waals surface area contributed by atoms with Gasteiger partial charge < -0.3 is 14.2 Å². The maximum atomic E-state index is 12.4. The van der Waals surface area contributed by atoms with Crippen LogP contribution in [0.15, 0.2) is 72.8 Å². The molecule has 4 rings (SSSR count). The van der Waals surface area contributed by atoms with Gasteiger partial charge in [-0.1, -0.05) is 76.4 Å². The summed E-state index contributed by atoms with van der Waals surface area (Å²) in [5.74, 6) is 1.10. The van der Waals surface area contributed by atoms with Crippen LogP contribution in [0.4, 0.5) is 4.79 Å². The Morgan fingerprint density at radius 2 is 1.06 bits per heavy atom. The zero-order chi connectivity index (χ0) is 25.8. The van der Waals surface area contributed by atoms with Crippen LogP contribution in [0.3, 0.4) is 0 Å². The molecule has 5 nitrogen and oxygen atoms in total. The highest BCUT2D eigenvalue weighted by atomic mass is 16.7. The van der Waals surface area contributed by atoms with Crippen LogP contribution in [0.2, 0.25) is 0 Å². The van der Waals surface area contributed by atoms with E-state index in [0.29, 0.717) is 17.2 Å². The molecule has 0 unspecified atom stereocenters. The van der Waals surface area contributed by atoms with Crippen LogP contribution in [0.25, 0.3) is 0 Å². The molecule has 188 valence electrons. The standard InChI is InChI=1S/C31H34O5/c1-22(32)34-26-16-10-24(11-17-26)31(20-6-5-7-21-31)25-12-18-28(19-13-25)36-29(33)35-27-14-8-23(9-15-27)30(2,3)4/h8-19H,5-7,20-21H2,1-4H3. The van der Waals surface area contributed by atoms with Crippen molar-refractivity contribution in [3.8, 4) is 17.2 Å². The minimum absolute atomic E-state index is 0.0286. The molecule has 1 aliphatic carbocycles. The van der Waals surface area contributed by atoms with E-state index in [1.165, 1.54) is 24.5 Å². The molecule has 0 N–H and O–H groups in total. The van der Waals surface area contributed by atoms with Gasteiger partial charge in [0.2, 0.25) is 0 Å². The van der Waals surface area contributed by atoms with Crippen LogP contribution in [-0.2, 0) is 15.6 Å². The molecular formula is C31H34O5. The summed E-state index contributed by atoms with van der Waals surface area (Å²) in [5.41, 5.74) is 3.45. The molecule has 0 amide bonds. The Morgan fingerprint density at radius 1 is 0.639 bits per heavy atom. The zero-order valence-electron chi connectivity index (χ0n) is 21.5. The summed E-state index contributed by atoms with van der Waals surface area (Å²) in [6.45, 7) is 7.81. The Balaban J connectivity index is 1.47. The van der Waals surface area contributed by atoms with E-state index in [0.717, 1.165) is 31.2 Å². The Hall–Kier alpha value is -3.60. The number of rotatable bonds is 5. The number of carbonyl (C=O) groups excluding carboxylic acids is 2. The number of carbonyl (C=O) groups is 2. The van der Waals surface area contributed by atoms with E-state index in [9.17, 15) is 9.59 Å². The Labute approximate surface area is 213 Å². The van der Waals surface area contributed by atoms with Gasteiger partial charge in [0.15, 0.2) is 0 Å². The number of hydrogen-bond donors (Lipinski definition) is 0. The van der Waals surface area contributed by atoms with Gasteiger partial charge in [0.05, 0.1) is 0 Å². The van der Waals surface area contributed by atoms with E-state index in [2.05, 4.69) is 32.9 Å². The summed E-state index contributed by atoms with van der Waals surface area (Å²) < 4.78 is 16.0. The fraction of sp³-hybridized carbons (Fsp3) is 0.355. The van der Waals surface area contributed by atoms with Gasteiger partial charge in [-0.25, -0.2) is 4.79 Å². The second kappa shape index (κ2) is 10.6. The second-order valence-electron chi connectivity index (χ2n) is 10.5. The number of esters is 1. The minimum Gasteiger partial charge on any atom is -0.427 e. The van der Waals surface area contributed by atoms with Crippen molar-refractivity contribution in [2.75, 3.05) is 0 Å². The average Bonchev–Trinajstić information content (AvgIpc) is 2.85. The predicted octanol–water partition coefficient (Wildman–Crippen LogP) is 7.74. The Morgan fingerprint density at radius 3 is 1.47 bits per heavy atom. The monoisotopic (exact) mass is 486 g/mol. The molecule has 0 heterocycles. The van der Waals surface area contributed by atoms with E-state index in [4.69, 9.17) is 14.2 Å². The van der Waals surface area contributed by atoms with Gasteiger partial charge in [-0.15, -0.1) is 0 Å². The molecule has 0 atom stereocenters. The molecule has 0 radical (unpaired) electrons. The molecule has 5 heteroatoms. The lowest BCUT2D eigenvalue weighted by atomic mass is 9.65. The first kappa shape index (κ1) is 25.5. The van der Waals surface area contributed by atoms with Crippen LogP contribution < -0.4 is 14.2 Å². The van der Waals surface area contributed by atoms with Gasteiger partial charge in [-0.05, 0) is 71.3 Å². The molecule has 3 aromatic rings. The molecule has 1 aliphatic rings. The van der Waals surface area contributed by atoms with Gasteiger partial charge in [0, 0.05) is 12.3 Å². The van der Waals surface area contributed by atoms with E-state index in [1.54, 1.807) is 12.1 Å². The number of hydrogen-bond acceptors (Lipinski definition) is 5. The lowest BCUT2D eigenvalue weighted by molar-refractivity contribution is -0.131. The average molecular weight is 487 g/mol. The van der Waals surface area contributed by atoms with E-state index < -0.39 is 6.16 Å². The lowest BCUT2D eigenvalue weighted by Crippen LogP contribution is -2.30. The van der Waals surface area contributed by atoms with Crippen molar-refractivity contribution in [3.63, 3.8) is 0 Å². The van der Waals surface area contributed by atoms with Crippen molar-refractivity contribution in [3.05, 3.63) is 89.5 Å². The molecule has 0 spiro atoms. The number of benzene rings is 3. The van der Waals surface area contributed by atoms with Crippen LogP contribution >= 0.6 is 0 Å². The van der Waals surface area contributed by atoms with Crippen molar-refractivity contribution in [1.29, 1.82) is 0 Å². The first-order valence-corrected chi connectivity index (χ1v) is 12.6. The highest BCUT2D eigenvalue weighted by Crippen LogP contribution is 2.45. The highest BCUT2D eigenvalue weighted by Gasteiger charge is 2.35. The maximum Gasteiger partial charge on any atom is 0.519 e. The normalized spacial score (nSPS) is 15.1. The van der Waals surface area contributed by atoms with Gasteiger partial charge in [-0.3, -0.25) is 4.79 Å². The topological polar surface area (TPSA) is 61.8 Å². The van der Waals surface area contributed by atoms with Gasteiger partial charge in [0.25, 0.3) is 0 Å². The summed E-state index contributed by atoms with van der Waals surface area (Å²) in [6, 6.07) is 23.0. The number of ether oxygens (including phenoxy) is 3. The van der Waals surface area contributed by atoms with E-state index in [-0.39, 0.29) is 16.8 Å². The smallest absolute Gasteiger partial charge is 0.427 e. The highest BCUT2D eigenvalue weighted by molar-refractivity contribution is 5.69. The third-order valence-corrected chi connectivity index (χ3v) is 6.91. The molecular weight excluding hydrogens is 452 g/mol. The first-order valence-electron chi connectivity index (χ1n) is 12.6. The van der Waals surface area contributed by atoms with Crippen molar-refractivity contribution >= 4 is 12.1 Å². The molecule has 0 aromatic heterocycles. The van der Waals surface area contributed by atoms with Crippen LogP contribution in [-0.4, -0.2) is 12.1 Å². The second-order valence-corrected chi connectivity index (χ2v) is 10.5. The third kappa shape index (κ3) is 5.96. The fourth-order valence-electron chi connectivity index (χ4n) is 4.99. The molecule has 1 fully saturated rings. The molecule has 0 saturated heterocycles. The largest absolute Gasteiger partial charge is 0.519 e. The molecule has 36 heavy (non-hydrogen) atoms. The third-order valence-electron chi connectivity index (χ3n) is 6.91. The van der Waals surface area contributed by atoms with Crippen molar-refractivity contribution in [1.82, 2.24) is 0 Å². The Bertz CT molecular complexity index is 1180. The fourth-order valence-corrected chi connectivity index (χ4v) is 4.99. The summed E-state index contributed by atoms with van der Waals surface area (Å²) in [4.78, 5) is 23.6. The van der Waals surface area contributed by atoms with Crippen LogP contribution in [0.1, 0.15) is 76.5 Å². The van der Waals surface area contributed by atoms with Crippen LogP contribution in [0.5, 0.6) is 17.2 Å². The van der Waals surface area contributed by atoms with E-state index >= 15 is 0 Å².